The molecular weight excluding hydrogens is 156 g/mol. The minimum atomic E-state index is -0.202. The molecule has 0 aliphatic carbocycles. The van der Waals surface area contributed by atoms with Crippen LogP contribution >= 0.6 is 0 Å². The minimum Gasteiger partial charge on any atom is -0.396 e. The summed E-state index contributed by atoms with van der Waals surface area (Å²) in [5, 5.41) is 8.60. The van der Waals surface area contributed by atoms with Gasteiger partial charge in [0.1, 0.15) is 0 Å². The fourth-order valence-electron chi connectivity index (χ4n) is 0.959. The average molecular weight is 168 g/mol. The summed E-state index contributed by atoms with van der Waals surface area (Å²) in [7, 11) is 0. The standard InChI is InChI=1S/C8H12N2O2/c9-7(3-4-11)6-1-2-8(12)10-5-6/h1-2,5,7,11H,3-4,9H2,(H,10,12). The summed E-state index contributed by atoms with van der Waals surface area (Å²) >= 11 is 0. The Balaban J connectivity index is 2.75. The normalized spacial score (nSPS) is 12.8. The number of rotatable bonds is 3. The third-order valence-electron chi connectivity index (χ3n) is 1.68. The van der Waals surface area contributed by atoms with E-state index in [1.807, 2.05) is 0 Å². The molecule has 0 radical (unpaired) electrons. The summed E-state index contributed by atoms with van der Waals surface area (Å²) in [6.45, 7) is 0.0558. The SMILES string of the molecule is NC(CCO)c1ccc(=O)[nH]c1. The van der Waals surface area contributed by atoms with Crippen LogP contribution in [0.4, 0.5) is 0 Å². The lowest BCUT2D eigenvalue weighted by molar-refractivity contribution is 0.276. The number of aliphatic hydroxyl groups is 1. The predicted molar refractivity (Wildman–Crippen MR) is 45.7 cm³/mol. The highest BCUT2D eigenvalue weighted by Gasteiger charge is 2.03. The summed E-state index contributed by atoms with van der Waals surface area (Å²) in [6.07, 6.45) is 2.08. The van der Waals surface area contributed by atoms with Crippen molar-refractivity contribution < 1.29 is 5.11 Å². The number of nitrogens with one attached hydrogen (secondary N) is 1. The number of pyridine rings is 1. The fraction of sp³-hybridized carbons (Fsp3) is 0.375. The van der Waals surface area contributed by atoms with E-state index in [-0.39, 0.29) is 18.2 Å². The maximum absolute atomic E-state index is 10.7. The molecule has 0 bridgehead atoms. The van der Waals surface area contributed by atoms with Gasteiger partial charge < -0.3 is 15.8 Å². The lowest BCUT2D eigenvalue weighted by Gasteiger charge is -2.08. The molecule has 0 spiro atoms. The van der Waals surface area contributed by atoms with Crippen molar-refractivity contribution in [2.24, 2.45) is 5.73 Å². The Kier molecular flexibility index (Phi) is 3.01. The van der Waals surface area contributed by atoms with Crippen molar-refractivity contribution in [2.75, 3.05) is 6.61 Å². The number of aliphatic hydroxyl groups excluding tert-OH is 1. The first-order valence-corrected chi connectivity index (χ1v) is 3.79. The second-order valence-electron chi connectivity index (χ2n) is 2.61. The molecule has 0 aliphatic heterocycles. The molecule has 0 aromatic carbocycles. The first kappa shape index (κ1) is 8.96. The van der Waals surface area contributed by atoms with Crippen LogP contribution in [0.3, 0.4) is 0 Å². The molecule has 12 heavy (non-hydrogen) atoms. The van der Waals surface area contributed by atoms with E-state index in [0.29, 0.717) is 6.42 Å². The van der Waals surface area contributed by atoms with Crippen LogP contribution in [-0.2, 0) is 0 Å². The van der Waals surface area contributed by atoms with Gasteiger partial charge in [0, 0.05) is 24.9 Å². The van der Waals surface area contributed by atoms with E-state index in [4.69, 9.17) is 10.8 Å². The predicted octanol–water partition coefficient (Wildman–Crippen LogP) is -0.243. The molecule has 0 saturated heterocycles. The Labute approximate surface area is 70.0 Å². The van der Waals surface area contributed by atoms with Gasteiger partial charge in [-0.2, -0.15) is 0 Å². The van der Waals surface area contributed by atoms with Crippen LogP contribution in [-0.4, -0.2) is 16.7 Å². The quantitative estimate of drug-likeness (QED) is 0.582. The van der Waals surface area contributed by atoms with E-state index >= 15 is 0 Å². The third-order valence-corrected chi connectivity index (χ3v) is 1.68. The van der Waals surface area contributed by atoms with Crippen LogP contribution in [0, 0.1) is 0 Å². The van der Waals surface area contributed by atoms with Gasteiger partial charge in [-0.3, -0.25) is 4.79 Å². The molecule has 0 amide bonds. The first-order chi connectivity index (χ1) is 5.74. The summed E-state index contributed by atoms with van der Waals surface area (Å²) in [5.74, 6) is 0. The van der Waals surface area contributed by atoms with Crippen LogP contribution in [0.1, 0.15) is 18.0 Å². The lowest BCUT2D eigenvalue weighted by Crippen LogP contribution is -2.14. The molecular formula is C8H12N2O2. The fourth-order valence-corrected chi connectivity index (χ4v) is 0.959. The number of H-pyrrole nitrogens is 1. The summed E-state index contributed by atoms with van der Waals surface area (Å²) in [5.41, 5.74) is 6.37. The Morgan fingerprint density at radius 1 is 1.58 bits per heavy atom. The van der Waals surface area contributed by atoms with Gasteiger partial charge in [0.25, 0.3) is 0 Å². The van der Waals surface area contributed by atoms with Crippen molar-refractivity contribution in [3.8, 4) is 0 Å². The van der Waals surface area contributed by atoms with Crippen molar-refractivity contribution in [2.45, 2.75) is 12.5 Å². The van der Waals surface area contributed by atoms with Crippen LogP contribution in [0.25, 0.3) is 0 Å². The van der Waals surface area contributed by atoms with E-state index < -0.39 is 0 Å². The van der Waals surface area contributed by atoms with Gasteiger partial charge in [-0.15, -0.1) is 0 Å². The molecule has 66 valence electrons. The topological polar surface area (TPSA) is 79.1 Å². The average Bonchev–Trinajstić information content (AvgIpc) is 2.06. The molecule has 1 rings (SSSR count). The Morgan fingerprint density at radius 2 is 2.33 bits per heavy atom. The molecule has 4 heteroatoms. The Bertz CT molecular complexity index is 275. The van der Waals surface area contributed by atoms with Crippen LogP contribution < -0.4 is 11.3 Å². The lowest BCUT2D eigenvalue weighted by atomic mass is 10.1. The molecule has 1 atom stereocenters. The highest BCUT2D eigenvalue weighted by molar-refractivity contribution is 5.12. The van der Waals surface area contributed by atoms with Crippen LogP contribution in [0.2, 0.25) is 0 Å². The summed E-state index contributed by atoms with van der Waals surface area (Å²) in [6, 6.07) is 2.89. The summed E-state index contributed by atoms with van der Waals surface area (Å²) in [4.78, 5) is 13.2. The van der Waals surface area contributed by atoms with Gasteiger partial charge in [0.05, 0.1) is 0 Å². The maximum atomic E-state index is 10.7. The Morgan fingerprint density at radius 3 is 2.83 bits per heavy atom. The molecule has 1 aromatic rings. The molecule has 1 unspecified atom stereocenters. The highest BCUT2D eigenvalue weighted by atomic mass is 16.3. The van der Waals surface area contributed by atoms with Crippen molar-refractivity contribution in [3.63, 3.8) is 0 Å². The maximum Gasteiger partial charge on any atom is 0.247 e. The van der Waals surface area contributed by atoms with Crippen LogP contribution in [0.15, 0.2) is 23.1 Å². The third kappa shape index (κ3) is 2.18. The van der Waals surface area contributed by atoms with Gasteiger partial charge in [-0.1, -0.05) is 6.07 Å². The van der Waals surface area contributed by atoms with E-state index in [9.17, 15) is 4.79 Å². The number of nitrogens with two attached hydrogens (primary N) is 1. The smallest absolute Gasteiger partial charge is 0.247 e. The van der Waals surface area contributed by atoms with Crippen molar-refractivity contribution in [3.05, 3.63) is 34.2 Å². The van der Waals surface area contributed by atoms with Gasteiger partial charge in [0.15, 0.2) is 0 Å². The zero-order valence-corrected chi connectivity index (χ0v) is 6.66. The second kappa shape index (κ2) is 4.04. The molecule has 4 N–H and O–H groups in total. The molecule has 4 nitrogen and oxygen atoms in total. The van der Waals surface area contributed by atoms with Gasteiger partial charge >= 0.3 is 0 Å². The van der Waals surface area contributed by atoms with E-state index in [2.05, 4.69) is 4.98 Å². The number of aromatic amines is 1. The largest absolute Gasteiger partial charge is 0.396 e. The van der Waals surface area contributed by atoms with Crippen molar-refractivity contribution >= 4 is 0 Å². The molecule has 0 aliphatic rings. The van der Waals surface area contributed by atoms with Crippen molar-refractivity contribution in [1.29, 1.82) is 0 Å². The van der Waals surface area contributed by atoms with Gasteiger partial charge in [-0.05, 0) is 12.0 Å². The van der Waals surface area contributed by atoms with Gasteiger partial charge in [-0.25, -0.2) is 0 Å². The molecule has 0 saturated carbocycles. The van der Waals surface area contributed by atoms with E-state index in [0.717, 1.165) is 5.56 Å². The zero-order valence-electron chi connectivity index (χ0n) is 6.66. The second-order valence-corrected chi connectivity index (χ2v) is 2.61. The van der Waals surface area contributed by atoms with Gasteiger partial charge in [0.2, 0.25) is 5.56 Å². The minimum absolute atomic E-state index is 0.0558. The molecule has 1 aromatic heterocycles. The number of hydrogen-bond acceptors (Lipinski definition) is 3. The van der Waals surface area contributed by atoms with E-state index in [1.54, 1.807) is 12.3 Å². The highest BCUT2D eigenvalue weighted by Crippen LogP contribution is 2.09. The zero-order chi connectivity index (χ0) is 8.97. The first-order valence-electron chi connectivity index (χ1n) is 3.79. The number of aromatic nitrogens is 1. The monoisotopic (exact) mass is 168 g/mol. The van der Waals surface area contributed by atoms with Crippen LogP contribution in [0.5, 0.6) is 0 Å². The number of hydrogen-bond donors (Lipinski definition) is 3. The molecule has 1 heterocycles. The van der Waals surface area contributed by atoms with E-state index in [1.165, 1.54) is 6.07 Å². The summed E-state index contributed by atoms with van der Waals surface area (Å²) < 4.78 is 0. The van der Waals surface area contributed by atoms with Crippen molar-refractivity contribution in [1.82, 2.24) is 4.98 Å². The Hall–Kier alpha value is -1.13. The molecule has 0 fully saturated rings.